The minimum atomic E-state index is -3.80. The van der Waals surface area contributed by atoms with E-state index in [4.69, 9.17) is 4.98 Å². The van der Waals surface area contributed by atoms with Crippen LogP contribution in [0.3, 0.4) is 0 Å². The number of hydrogen-bond acceptors (Lipinski definition) is 7. The van der Waals surface area contributed by atoms with Gasteiger partial charge >= 0.3 is 0 Å². The molecule has 6 rings (SSSR count). The van der Waals surface area contributed by atoms with Gasteiger partial charge in [0.05, 0.1) is 16.9 Å². The molecular weight excluding hydrogens is 488 g/mol. The van der Waals surface area contributed by atoms with Crippen molar-refractivity contribution in [1.29, 1.82) is 0 Å². The van der Waals surface area contributed by atoms with Crippen LogP contribution in [0.15, 0.2) is 53.7 Å². The van der Waals surface area contributed by atoms with Crippen molar-refractivity contribution in [2.45, 2.75) is 43.8 Å². The number of piperazine rings is 1. The van der Waals surface area contributed by atoms with Gasteiger partial charge in [0.2, 0.25) is 10.0 Å². The SMILES string of the molecule is Cc1cn2c(n1)CCC(NS(=O)(=O)c1cc3ccccc3nc1N1CCN(Cc3ccnn3C)CC1)C2. The molecule has 10 nitrogen and oxygen atoms in total. The first kappa shape index (κ1) is 24.1. The Labute approximate surface area is 217 Å². The second-order valence-electron chi connectivity index (χ2n) is 10.0. The zero-order valence-corrected chi connectivity index (χ0v) is 22.0. The Morgan fingerprint density at radius 2 is 1.89 bits per heavy atom. The Balaban J connectivity index is 1.26. The van der Waals surface area contributed by atoms with E-state index < -0.39 is 10.0 Å². The van der Waals surface area contributed by atoms with Crippen LogP contribution < -0.4 is 9.62 Å². The van der Waals surface area contributed by atoms with Crippen LogP contribution in [-0.4, -0.2) is 69.9 Å². The lowest BCUT2D eigenvalue weighted by Gasteiger charge is -2.36. The number of para-hydroxylation sites is 1. The molecule has 1 N–H and O–H groups in total. The van der Waals surface area contributed by atoms with Crippen molar-refractivity contribution in [2.24, 2.45) is 7.05 Å². The third kappa shape index (κ3) is 4.86. The van der Waals surface area contributed by atoms with E-state index in [-0.39, 0.29) is 10.9 Å². The van der Waals surface area contributed by atoms with Crippen LogP contribution in [-0.2, 0) is 36.6 Å². The fourth-order valence-corrected chi connectivity index (χ4v) is 6.83. The van der Waals surface area contributed by atoms with Crippen LogP contribution in [0, 0.1) is 6.92 Å². The van der Waals surface area contributed by atoms with E-state index in [1.807, 2.05) is 61.4 Å². The molecule has 0 amide bonds. The normalized spacial score (nSPS) is 18.9. The highest BCUT2D eigenvalue weighted by atomic mass is 32.2. The fraction of sp³-hybridized carbons (Fsp3) is 0.423. The third-order valence-electron chi connectivity index (χ3n) is 7.37. The van der Waals surface area contributed by atoms with Crippen LogP contribution in [0.2, 0.25) is 0 Å². The fourth-order valence-electron chi connectivity index (χ4n) is 5.38. The van der Waals surface area contributed by atoms with Gasteiger partial charge in [-0.05, 0) is 31.5 Å². The molecule has 1 atom stereocenters. The number of anilines is 1. The van der Waals surface area contributed by atoms with Crippen LogP contribution in [0.25, 0.3) is 10.9 Å². The number of imidazole rings is 1. The summed E-state index contributed by atoms with van der Waals surface area (Å²) >= 11 is 0. The molecule has 2 aliphatic rings. The number of aryl methyl sites for hydroxylation is 3. The van der Waals surface area contributed by atoms with E-state index in [0.717, 1.165) is 60.6 Å². The topological polar surface area (TPSA) is 101 Å². The smallest absolute Gasteiger partial charge is 0.244 e. The van der Waals surface area contributed by atoms with Gasteiger partial charge in [-0.3, -0.25) is 9.58 Å². The number of pyridine rings is 1. The second kappa shape index (κ2) is 9.55. The summed E-state index contributed by atoms with van der Waals surface area (Å²) in [6.45, 7) is 6.40. The minimum Gasteiger partial charge on any atom is -0.353 e. The number of fused-ring (bicyclic) bond motifs is 2. The highest BCUT2D eigenvalue weighted by molar-refractivity contribution is 7.89. The quantitative estimate of drug-likeness (QED) is 0.415. The Morgan fingerprint density at radius 1 is 1.08 bits per heavy atom. The predicted octanol–water partition coefficient (Wildman–Crippen LogP) is 2.09. The van der Waals surface area contributed by atoms with E-state index in [0.29, 0.717) is 25.5 Å². The molecule has 3 aromatic heterocycles. The van der Waals surface area contributed by atoms with Crippen molar-refractivity contribution in [1.82, 2.24) is 33.9 Å². The molecule has 194 valence electrons. The van der Waals surface area contributed by atoms with Crippen molar-refractivity contribution < 1.29 is 8.42 Å². The molecule has 1 saturated heterocycles. The van der Waals surface area contributed by atoms with Crippen molar-refractivity contribution in [2.75, 3.05) is 31.1 Å². The molecule has 1 aromatic carbocycles. The molecule has 0 aliphatic carbocycles. The molecule has 2 aliphatic heterocycles. The van der Waals surface area contributed by atoms with E-state index >= 15 is 0 Å². The average molecular weight is 521 g/mol. The lowest BCUT2D eigenvalue weighted by Crippen LogP contribution is -2.47. The molecule has 37 heavy (non-hydrogen) atoms. The summed E-state index contributed by atoms with van der Waals surface area (Å²) in [7, 11) is -1.85. The Bertz CT molecular complexity index is 1540. The molecule has 0 spiro atoms. The summed E-state index contributed by atoms with van der Waals surface area (Å²) in [5.74, 6) is 1.55. The molecule has 1 unspecified atom stereocenters. The van der Waals surface area contributed by atoms with E-state index in [2.05, 4.69) is 29.2 Å². The molecule has 0 saturated carbocycles. The molecule has 4 aromatic rings. The largest absolute Gasteiger partial charge is 0.353 e. The summed E-state index contributed by atoms with van der Waals surface area (Å²) < 4.78 is 34.6. The van der Waals surface area contributed by atoms with E-state index in [1.165, 1.54) is 0 Å². The van der Waals surface area contributed by atoms with Crippen molar-refractivity contribution in [3.8, 4) is 0 Å². The predicted molar refractivity (Wildman–Crippen MR) is 142 cm³/mol. The maximum absolute atomic E-state index is 13.8. The van der Waals surface area contributed by atoms with Crippen LogP contribution >= 0.6 is 0 Å². The van der Waals surface area contributed by atoms with Gasteiger partial charge < -0.3 is 9.47 Å². The van der Waals surface area contributed by atoms with Crippen LogP contribution in [0.1, 0.15) is 23.6 Å². The van der Waals surface area contributed by atoms with Crippen LogP contribution in [0.5, 0.6) is 0 Å². The van der Waals surface area contributed by atoms with Gasteiger partial charge in [0.15, 0.2) is 0 Å². The number of hydrogen-bond donors (Lipinski definition) is 1. The number of nitrogens with zero attached hydrogens (tertiary/aromatic N) is 7. The molecule has 0 radical (unpaired) electrons. The van der Waals surface area contributed by atoms with E-state index in [1.54, 1.807) is 6.07 Å². The lowest BCUT2D eigenvalue weighted by atomic mass is 10.1. The number of benzene rings is 1. The lowest BCUT2D eigenvalue weighted by molar-refractivity contribution is 0.243. The Hall–Kier alpha value is -3.28. The van der Waals surface area contributed by atoms with Gasteiger partial charge in [0, 0.05) is 76.6 Å². The Morgan fingerprint density at radius 3 is 2.68 bits per heavy atom. The summed E-state index contributed by atoms with van der Waals surface area (Å²) in [4.78, 5) is 14.1. The maximum atomic E-state index is 13.8. The molecule has 0 bridgehead atoms. The monoisotopic (exact) mass is 520 g/mol. The zero-order valence-electron chi connectivity index (χ0n) is 21.2. The second-order valence-corrected chi connectivity index (χ2v) is 11.7. The number of nitrogens with one attached hydrogen (secondary N) is 1. The van der Waals surface area contributed by atoms with Crippen molar-refractivity contribution in [3.63, 3.8) is 0 Å². The van der Waals surface area contributed by atoms with Crippen LogP contribution in [0.4, 0.5) is 5.82 Å². The molecule has 1 fully saturated rings. The molecular formula is C26H32N8O2S. The first-order valence-corrected chi connectivity index (χ1v) is 14.2. The Kier molecular flexibility index (Phi) is 6.21. The van der Waals surface area contributed by atoms with Crippen molar-refractivity contribution in [3.05, 3.63) is 66.0 Å². The van der Waals surface area contributed by atoms with Gasteiger partial charge in [-0.15, -0.1) is 0 Å². The first-order valence-electron chi connectivity index (χ1n) is 12.7. The van der Waals surface area contributed by atoms with Gasteiger partial charge in [0.25, 0.3) is 0 Å². The highest BCUT2D eigenvalue weighted by Gasteiger charge is 2.30. The van der Waals surface area contributed by atoms with E-state index in [9.17, 15) is 8.42 Å². The number of sulfonamides is 1. The highest BCUT2D eigenvalue weighted by Crippen LogP contribution is 2.29. The molecule has 11 heteroatoms. The first-order chi connectivity index (χ1) is 17.9. The number of rotatable bonds is 6. The maximum Gasteiger partial charge on any atom is 0.244 e. The van der Waals surface area contributed by atoms with Gasteiger partial charge in [-0.25, -0.2) is 23.1 Å². The minimum absolute atomic E-state index is 0.193. The average Bonchev–Trinajstić information content (AvgIpc) is 3.47. The summed E-state index contributed by atoms with van der Waals surface area (Å²) in [5, 5.41) is 5.08. The standard InChI is InChI=1S/C26H32N8O2S/c1-19-16-34-17-21(7-8-25(34)28-19)30-37(35,36)24-15-20-5-3-4-6-23(20)29-26(24)33-13-11-32(12-14-33)18-22-9-10-27-31(22)2/h3-6,9-10,15-16,21,30H,7-8,11-14,17-18H2,1-2H3. The number of aromatic nitrogens is 5. The van der Waals surface area contributed by atoms with Gasteiger partial charge in [0.1, 0.15) is 16.5 Å². The summed E-state index contributed by atoms with van der Waals surface area (Å²) in [5.41, 5.74) is 2.92. The zero-order chi connectivity index (χ0) is 25.6. The summed E-state index contributed by atoms with van der Waals surface area (Å²) in [6.07, 6.45) is 5.28. The molecule has 5 heterocycles. The van der Waals surface area contributed by atoms with Crippen molar-refractivity contribution >= 4 is 26.7 Å². The summed E-state index contributed by atoms with van der Waals surface area (Å²) in [6, 6.07) is 11.3. The van der Waals surface area contributed by atoms with Gasteiger partial charge in [-0.2, -0.15) is 5.10 Å². The van der Waals surface area contributed by atoms with Gasteiger partial charge in [-0.1, -0.05) is 18.2 Å². The third-order valence-corrected chi connectivity index (χ3v) is 8.90.